The van der Waals surface area contributed by atoms with E-state index in [0.717, 1.165) is 0 Å². The molecule has 0 aliphatic carbocycles. The lowest BCUT2D eigenvalue weighted by molar-refractivity contribution is 0.0789. The van der Waals surface area contributed by atoms with Crippen molar-refractivity contribution in [1.29, 1.82) is 0 Å². The lowest BCUT2D eigenvalue weighted by Crippen LogP contribution is -2.43. The van der Waals surface area contributed by atoms with Crippen molar-refractivity contribution >= 4 is 11.9 Å². The third-order valence-corrected chi connectivity index (χ3v) is 3.22. The van der Waals surface area contributed by atoms with Gasteiger partial charge in [-0.3, -0.25) is 4.79 Å². The summed E-state index contributed by atoms with van der Waals surface area (Å²) in [6.07, 6.45) is 0.707. The van der Waals surface area contributed by atoms with Crippen LogP contribution >= 0.6 is 0 Å². The van der Waals surface area contributed by atoms with Gasteiger partial charge in [0.25, 0.3) is 5.91 Å². The minimum absolute atomic E-state index is 0.0564. The first-order valence-corrected chi connectivity index (χ1v) is 6.69. The second-order valence-electron chi connectivity index (χ2n) is 4.75. The van der Waals surface area contributed by atoms with E-state index in [1.54, 1.807) is 11.0 Å². The zero-order valence-electron chi connectivity index (χ0n) is 11.4. The summed E-state index contributed by atoms with van der Waals surface area (Å²) >= 11 is 0. The molecule has 0 radical (unpaired) electrons. The molecule has 1 fully saturated rings. The molecule has 3 amide bonds. The minimum Gasteiger partial charge on any atom is -0.338 e. The molecule has 1 aliphatic heterocycles. The number of rotatable bonds is 3. The van der Waals surface area contributed by atoms with Gasteiger partial charge in [0, 0.05) is 31.2 Å². The number of hydrogen-bond acceptors (Lipinski definition) is 2. The van der Waals surface area contributed by atoms with E-state index in [-0.39, 0.29) is 18.0 Å². The fourth-order valence-electron chi connectivity index (χ4n) is 2.26. The summed E-state index contributed by atoms with van der Waals surface area (Å²) in [7, 11) is 0. The Hall–Kier alpha value is -2.11. The number of amides is 3. The molecule has 0 bridgehead atoms. The molecule has 6 heteroatoms. The maximum Gasteiger partial charge on any atom is 0.315 e. The van der Waals surface area contributed by atoms with Gasteiger partial charge in [-0.15, -0.1) is 0 Å². The van der Waals surface area contributed by atoms with E-state index in [4.69, 9.17) is 0 Å². The summed E-state index contributed by atoms with van der Waals surface area (Å²) in [5.41, 5.74) is 0.337. The van der Waals surface area contributed by atoms with Gasteiger partial charge >= 0.3 is 6.03 Å². The molecule has 2 N–H and O–H groups in total. The van der Waals surface area contributed by atoms with Crippen molar-refractivity contribution in [3.8, 4) is 0 Å². The van der Waals surface area contributed by atoms with Crippen LogP contribution in [0.2, 0.25) is 0 Å². The highest BCUT2D eigenvalue weighted by Gasteiger charge is 2.27. The Morgan fingerprint density at radius 3 is 2.95 bits per heavy atom. The highest BCUT2D eigenvalue weighted by Crippen LogP contribution is 2.14. The van der Waals surface area contributed by atoms with E-state index in [1.807, 2.05) is 6.92 Å². The fraction of sp³-hybridized carbons (Fsp3) is 0.429. The highest BCUT2D eigenvalue weighted by molar-refractivity contribution is 5.94. The molecule has 0 unspecified atom stereocenters. The van der Waals surface area contributed by atoms with Crippen molar-refractivity contribution in [3.05, 3.63) is 35.6 Å². The molecule has 1 aliphatic rings. The molecule has 0 spiro atoms. The van der Waals surface area contributed by atoms with Crippen molar-refractivity contribution in [2.24, 2.45) is 0 Å². The second kappa shape index (κ2) is 6.36. The van der Waals surface area contributed by atoms with E-state index >= 15 is 0 Å². The zero-order valence-corrected chi connectivity index (χ0v) is 11.4. The second-order valence-corrected chi connectivity index (χ2v) is 4.75. The smallest absolute Gasteiger partial charge is 0.315 e. The van der Waals surface area contributed by atoms with Gasteiger partial charge in [-0.25, -0.2) is 9.18 Å². The van der Waals surface area contributed by atoms with Crippen LogP contribution < -0.4 is 10.6 Å². The number of benzene rings is 1. The molecule has 1 heterocycles. The molecular weight excluding hydrogens is 261 g/mol. The quantitative estimate of drug-likeness (QED) is 0.877. The van der Waals surface area contributed by atoms with Crippen LogP contribution in [0.25, 0.3) is 0 Å². The van der Waals surface area contributed by atoms with Gasteiger partial charge in [0.05, 0.1) is 0 Å². The standard InChI is InChI=1S/C14H18FN3O2/c1-2-16-14(20)17-12-6-7-18(9-12)13(19)10-4-3-5-11(15)8-10/h3-5,8,12H,2,6-7,9H2,1H3,(H2,16,17,20)/t12-/m1/s1. The lowest BCUT2D eigenvalue weighted by atomic mass is 10.2. The third-order valence-electron chi connectivity index (χ3n) is 3.22. The largest absolute Gasteiger partial charge is 0.338 e. The van der Waals surface area contributed by atoms with Crippen molar-refractivity contribution in [3.63, 3.8) is 0 Å². The number of halogens is 1. The molecule has 108 valence electrons. The average molecular weight is 279 g/mol. The van der Waals surface area contributed by atoms with Crippen LogP contribution in [0.4, 0.5) is 9.18 Å². The number of nitrogens with one attached hydrogen (secondary N) is 2. The third kappa shape index (κ3) is 3.46. The fourth-order valence-corrected chi connectivity index (χ4v) is 2.26. The summed E-state index contributed by atoms with van der Waals surface area (Å²) in [6, 6.07) is 5.36. The van der Waals surface area contributed by atoms with E-state index in [9.17, 15) is 14.0 Å². The number of likely N-dealkylation sites (tertiary alicyclic amines) is 1. The van der Waals surface area contributed by atoms with Crippen molar-refractivity contribution in [1.82, 2.24) is 15.5 Å². The zero-order chi connectivity index (χ0) is 14.5. The van der Waals surface area contributed by atoms with Gasteiger partial charge in [0.1, 0.15) is 5.82 Å². The summed E-state index contributed by atoms with van der Waals surface area (Å²) in [5.74, 6) is -0.628. The monoisotopic (exact) mass is 279 g/mol. The molecule has 20 heavy (non-hydrogen) atoms. The summed E-state index contributed by atoms with van der Waals surface area (Å²) < 4.78 is 13.1. The highest BCUT2D eigenvalue weighted by atomic mass is 19.1. The SMILES string of the molecule is CCNC(=O)N[C@@H]1CCN(C(=O)c2cccc(F)c2)C1. The summed E-state index contributed by atoms with van der Waals surface area (Å²) in [6.45, 7) is 3.41. The molecule has 2 rings (SSSR count). The van der Waals surface area contributed by atoms with Gasteiger partial charge < -0.3 is 15.5 Å². The van der Waals surface area contributed by atoms with Crippen molar-refractivity contribution < 1.29 is 14.0 Å². The van der Waals surface area contributed by atoms with Gasteiger partial charge in [-0.1, -0.05) is 6.07 Å². The Bertz CT molecular complexity index is 507. The predicted octanol–water partition coefficient (Wildman–Crippen LogP) is 1.36. The van der Waals surface area contributed by atoms with Gasteiger partial charge in [0.2, 0.25) is 0 Å². The predicted molar refractivity (Wildman–Crippen MR) is 72.9 cm³/mol. The number of carbonyl (C=O) groups is 2. The molecule has 0 aromatic heterocycles. The number of hydrogen-bond donors (Lipinski definition) is 2. The first kappa shape index (κ1) is 14.3. The van der Waals surface area contributed by atoms with Crippen LogP contribution in [0, 0.1) is 5.82 Å². The Morgan fingerprint density at radius 2 is 2.25 bits per heavy atom. The molecule has 1 aromatic carbocycles. The number of nitrogens with zero attached hydrogens (tertiary/aromatic N) is 1. The molecule has 5 nitrogen and oxygen atoms in total. The Balaban J connectivity index is 1.92. The average Bonchev–Trinajstić information content (AvgIpc) is 2.86. The van der Waals surface area contributed by atoms with Crippen molar-refractivity contribution in [2.45, 2.75) is 19.4 Å². The Kier molecular flexibility index (Phi) is 4.55. The maximum absolute atomic E-state index is 13.1. The van der Waals surface area contributed by atoms with Gasteiger partial charge in [0.15, 0.2) is 0 Å². The van der Waals surface area contributed by atoms with E-state index in [1.165, 1.54) is 18.2 Å². The minimum atomic E-state index is -0.424. The maximum atomic E-state index is 13.1. The van der Waals surface area contributed by atoms with Gasteiger partial charge in [-0.05, 0) is 31.5 Å². The Morgan fingerprint density at radius 1 is 1.45 bits per heavy atom. The van der Waals surface area contributed by atoms with Crippen LogP contribution in [-0.4, -0.2) is 42.5 Å². The van der Waals surface area contributed by atoms with E-state index < -0.39 is 5.82 Å². The first-order valence-electron chi connectivity index (χ1n) is 6.69. The molecule has 0 saturated carbocycles. The molecule has 1 aromatic rings. The van der Waals surface area contributed by atoms with Gasteiger partial charge in [-0.2, -0.15) is 0 Å². The van der Waals surface area contributed by atoms with Crippen LogP contribution in [-0.2, 0) is 0 Å². The topological polar surface area (TPSA) is 61.4 Å². The van der Waals surface area contributed by atoms with Crippen LogP contribution in [0.1, 0.15) is 23.7 Å². The number of carbonyl (C=O) groups excluding carboxylic acids is 2. The molecule has 1 saturated heterocycles. The van der Waals surface area contributed by atoms with Crippen LogP contribution in [0.5, 0.6) is 0 Å². The van der Waals surface area contributed by atoms with E-state index in [2.05, 4.69) is 10.6 Å². The molecular formula is C14H18FN3O2. The van der Waals surface area contributed by atoms with Crippen LogP contribution in [0.15, 0.2) is 24.3 Å². The van der Waals surface area contributed by atoms with Crippen LogP contribution in [0.3, 0.4) is 0 Å². The first-order chi connectivity index (χ1) is 9.60. The summed E-state index contributed by atoms with van der Waals surface area (Å²) in [5, 5.41) is 5.46. The van der Waals surface area contributed by atoms with E-state index in [0.29, 0.717) is 31.6 Å². The summed E-state index contributed by atoms with van der Waals surface area (Å²) in [4.78, 5) is 25.2. The molecule has 1 atom stereocenters. The normalized spacial score (nSPS) is 17.9. The number of urea groups is 1. The Labute approximate surface area is 117 Å². The van der Waals surface area contributed by atoms with Crippen molar-refractivity contribution in [2.75, 3.05) is 19.6 Å². The lowest BCUT2D eigenvalue weighted by Gasteiger charge is -2.17.